The van der Waals surface area contributed by atoms with Crippen LogP contribution in [0.2, 0.25) is 0 Å². The van der Waals surface area contributed by atoms with Crippen molar-refractivity contribution < 1.29 is 19.1 Å². The first-order valence-corrected chi connectivity index (χ1v) is 7.16. The Labute approximate surface area is 129 Å². The van der Waals surface area contributed by atoms with Gasteiger partial charge in [-0.15, -0.1) is 0 Å². The summed E-state index contributed by atoms with van der Waals surface area (Å²) in [6.07, 6.45) is 0.392. The number of β-lactam (4-membered cyclic amide) rings is 1. The molecule has 0 bridgehead atoms. The summed E-state index contributed by atoms with van der Waals surface area (Å²) < 4.78 is 5.01. The first kappa shape index (κ1) is 17.9. The van der Waals surface area contributed by atoms with Crippen LogP contribution < -0.4 is 11.1 Å². The van der Waals surface area contributed by atoms with Gasteiger partial charge in [-0.25, -0.2) is 0 Å². The number of ether oxygens (including phenoxy) is 1. The lowest BCUT2D eigenvalue weighted by atomic mass is 9.88. The maximum atomic E-state index is 12.2. The summed E-state index contributed by atoms with van der Waals surface area (Å²) in [4.78, 5) is 36.2. The van der Waals surface area contributed by atoms with E-state index in [1.807, 2.05) is 0 Å². The molecule has 0 radical (unpaired) electrons. The molecule has 1 aliphatic heterocycles. The van der Waals surface area contributed by atoms with Gasteiger partial charge in [0, 0.05) is 31.2 Å². The van der Waals surface area contributed by atoms with Gasteiger partial charge in [-0.3, -0.25) is 24.7 Å². The highest BCUT2D eigenvalue weighted by atomic mass is 16.6. The monoisotopic (exact) mass is 312 g/mol. The number of nitrogens with two attached hydrogens (primary N) is 1. The Kier molecular flexibility index (Phi) is 5.51. The Hall–Kier alpha value is -2.12. The molecule has 0 saturated carbocycles. The summed E-state index contributed by atoms with van der Waals surface area (Å²) in [6.45, 7) is 6.54. The minimum Gasteiger partial charge on any atom is -0.442 e. The largest absolute Gasteiger partial charge is 0.442 e. The van der Waals surface area contributed by atoms with Gasteiger partial charge in [0.1, 0.15) is 0 Å². The molecule has 4 N–H and O–H groups in total. The second kappa shape index (κ2) is 6.76. The van der Waals surface area contributed by atoms with Crippen LogP contribution in [0.5, 0.6) is 0 Å². The highest BCUT2D eigenvalue weighted by molar-refractivity contribution is 6.02. The van der Waals surface area contributed by atoms with E-state index in [1.54, 1.807) is 20.8 Å². The number of hydrogen-bond donors (Lipinski definition) is 3. The summed E-state index contributed by atoms with van der Waals surface area (Å²) in [5.41, 5.74) is 4.62. The number of nitrogens with one attached hydrogen (secondary N) is 2. The Morgan fingerprint density at radius 3 is 2.50 bits per heavy atom. The van der Waals surface area contributed by atoms with Crippen LogP contribution in [0.4, 0.5) is 0 Å². The summed E-state index contributed by atoms with van der Waals surface area (Å²) >= 11 is 0. The average Bonchev–Trinajstić information content (AvgIpc) is 2.30. The van der Waals surface area contributed by atoms with Crippen LogP contribution in [0.1, 0.15) is 47.0 Å². The predicted octanol–water partition coefficient (Wildman–Crippen LogP) is 0.312. The third-order valence-electron chi connectivity index (χ3n) is 3.29. The highest BCUT2D eigenvalue weighted by Crippen LogP contribution is 2.30. The molecule has 1 saturated heterocycles. The van der Waals surface area contributed by atoms with Gasteiger partial charge in [0.05, 0.1) is 0 Å². The molecular formula is C14H24N4O4. The van der Waals surface area contributed by atoms with E-state index >= 15 is 0 Å². The zero-order chi connectivity index (χ0) is 17.1. The van der Waals surface area contributed by atoms with E-state index in [0.29, 0.717) is 19.3 Å². The van der Waals surface area contributed by atoms with Crippen molar-refractivity contribution in [2.75, 3.05) is 0 Å². The molecule has 2 atom stereocenters. The third kappa shape index (κ3) is 4.71. The van der Waals surface area contributed by atoms with E-state index in [-0.39, 0.29) is 23.8 Å². The molecule has 2 unspecified atom stereocenters. The lowest BCUT2D eigenvalue weighted by Crippen LogP contribution is -2.59. The number of esters is 1. The van der Waals surface area contributed by atoms with Gasteiger partial charge < -0.3 is 15.8 Å². The molecule has 124 valence electrons. The van der Waals surface area contributed by atoms with Crippen LogP contribution in [0, 0.1) is 10.8 Å². The number of amides is 2. The molecule has 1 heterocycles. The van der Waals surface area contributed by atoms with Crippen LogP contribution >= 0.6 is 0 Å². The van der Waals surface area contributed by atoms with Crippen LogP contribution in [0.15, 0.2) is 0 Å². The van der Waals surface area contributed by atoms with E-state index in [9.17, 15) is 14.4 Å². The lowest BCUT2D eigenvalue weighted by molar-refractivity contribution is -0.164. The Bertz CT molecular complexity index is 468. The molecule has 0 aromatic carbocycles. The molecule has 22 heavy (non-hydrogen) atoms. The predicted molar refractivity (Wildman–Crippen MR) is 79.6 cm³/mol. The molecule has 8 nitrogen and oxygen atoms in total. The second-order valence-electron chi connectivity index (χ2n) is 6.41. The minimum absolute atomic E-state index is 0.187. The third-order valence-corrected chi connectivity index (χ3v) is 3.29. The van der Waals surface area contributed by atoms with E-state index in [2.05, 4.69) is 5.32 Å². The Balaban J connectivity index is 2.61. The van der Waals surface area contributed by atoms with Crippen LogP contribution in [0.3, 0.4) is 0 Å². The number of imide groups is 1. The number of guanidine groups is 1. The average molecular weight is 312 g/mol. The zero-order valence-corrected chi connectivity index (χ0v) is 13.4. The lowest BCUT2D eigenvalue weighted by Gasteiger charge is -2.42. The van der Waals surface area contributed by atoms with Crippen LogP contribution in [0.25, 0.3) is 0 Å². The van der Waals surface area contributed by atoms with Crippen LogP contribution in [-0.2, 0) is 19.1 Å². The number of carbonyl (C=O) groups is 3. The quantitative estimate of drug-likeness (QED) is 0.220. The summed E-state index contributed by atoms with van der Waals surface area (Å²) in [6, 6.07) is -0.203. The van der Waals surface area contributed by atoms with Gasteiger partial charge in [-0.05, 0) is 6.42 Å². The van der Waals surface area contributed by atoms with Crippen molar-refractivity contribution in [1.29, 1.82) is 5.41 Å². The fourth-order valence-electron chi connectivity index (χ4n) is 2.23. The normalized spacial score (nSPS) is 19.2. The summed E-state index contributed by atoms with van der Waals surface area (Å²) in [5.74, 6) is -1.20. The molecule has 1 fully saturated rings. The van der Waals surface area contributed by atoms with Crippen molar-refractivity contribution in [1.82, 2.24) is 10.2 Å². The van der Waals surface area contributed by atoms with Crippen molar-refractivity contribution >= 4 is 23.7 Å². The van der Waals surface area contributed by atoms with E-state index < -0.39 is 17.6 Å². The van der Waals surface area contributed by atoms with E-state index in [1.165, 1.54) is 11.8 Å². The SMILES string of the molecule is CC(=O)OC(CCC1CC(=O)N1C(=O)C(C)(C)C)NC(=N)N. The van der Waals surface area contributed by atoms with Crippen molar-refractivity contribution in [3.63, 3.8) is 0 Å². The van der Waals surface area contributed by atoms with Crippen molar-refractivity contribution in [2.45, 2.75) is 59.2 Å². The van der Waals surface area contributed by atoms with Gasteiger partial charge >= 0.3 is 5.97 Å². The van der Waals surface area contributed by atoms with Gasteiger partial charge in [0.25, 0.3) is 0 Å². The minimum atomic E-state index is -0.739. The van der Waals surface area contributed by atoms with E-state index in [0.717, 1.165) is 0 Å². The molecule has 0 aromatic rings. The first-order valence-electron chi connectivity index (χ1n) is 7.16. The fourth-order valence-corrected chi connectivity index (χ4v) is 2.23. The smallest absolute Gasteiger partial charge is 0.304 e. The van der Waals surface area contributed by atoms with Crippen molar-refractivity contribution in [3.05, 3.63) is 0 Å². The molecule has 1 rings (SSSR count). The highest BCUT2D eigenvalue weighted by Gasteiger charge is 2.44. The van der Waals surface area contributed by atoms with Gasteiger partial charge in [-0.2, -0.15) is 0 Å². The van der Waals surface area contributed by atoms with E-state index in [4.69, 9.17) is 15.9 Å². The molecule has 0 spiro atoms. The zero-order valence-electron chi connectivity index (χ0n) is 13.4. The number of rotatable bonds is 5. The van der Waals surface area contributed by atoms with Crippen molar-refractivity contribution in [2.24, 2.45) is 11.1 Å². The molecule has 8 heteroatoms. The molecular weight excluding hydrogens is 288 g/mol. The molecule has 1 aliphatic rings. The molecule has 0 aliphatic carbocycles. The number of carbonyl (C=O) groups excluding carboxylic acids is 3. The topological polar surface area (TPSA) is 126 Å². The van der Waals surface area contributed by atoms with Crippen molar-refractivity contribution in [3.8, 4) is 0 Å². The Morgan fingerprint density at radius 1 is 1.50 bits per heavy atom. The van der Waals surface area contributed by atoms with Gasteiger partial charge in [0.2, 0.25) is 11.8 Å². The summed E-state index contributed by atoms with van der Waals surface area (Å²) in [7, 11) is 0. The number of likely N-dealkylation sites (tertiary alicyclic amines) is 1. The first-order chi connectivity index (χ1) is 10.0. The Morgan fingerprint density at radius 2 is 2.09 bits per heavy atom. The van der Waals surface area contributed by atoms with Gasteiger partial charge in [0.15, 0.2) is 12.2 Å². The second-order valence-corrected chi connectivity index (χ2v) is 6.41. The maximum absolute atomic E-state index is 12.2. The molecule has 2 amide bonds. The molecule has 0 aromatic heterocycles. The van der Waals surface area contributed by atoms with Crippen LogP contribution in [-0.4, -0.2) is 40.9 Å². The van der Waals surface area contributed by atoms with Gasteiger partial charge in [-0.1, -0.05) is 20.8 Å². The number of nitrogens with zero attached hydrogens (tertiary/aromatic N) is 1. The summed E-state index contributed by atoms with van der Waals surface area (Å²) in [5, 5.41) is 9.72. The standard InChI is InChI=1S/C14H24N4O4/c1-8(19)22-10(17-13(15)16)6-5-9-7-11(20)18(9)12(21)14(2,3)4/h9-10H,5-7H2,1-4H3,(H4,15,16,17). The fraction of sp³-hybridized carbons (Fsp3) is 0.714. The number of hydrogen-bond acceptors (Lipinski definition) is 5. The maximum Gasteiger partial charge on any atom is 0.304 e.